The van der Waals surface area contributed by atoms with Gasteiger partial charge in [-0.2, -0.15) is 5.10 Å². The highest BCUT2D eigenvalue weighted by molar-refractivity contribution is 6.03. The summed E-state index contributed by atoms with van der Waals surface area (Å²) >= 11 is 0. The third-order valence-electron chi connectivity index (χ3n) is 4.99. The molecule has 1 aromatic heterocycles. The Morgan fingerprint density at radius 2 is 1.92 bits per heavy atom. The van der Waals surface area contributed by atoms with E-state index in [1.165, 1.54) is 0 Å². The number of carbonyl (C=O) groups excluding carboxylic acids is 1. The average Bonchev–Trinajstić information content (AvgIpc) is 3.17. The minimum absolute atomic E-state index is 0.0481. The van der Waals surface area contributed by atoms with E-state index in [0.717, 1.165) is 31.1 Å². The maximum absolute atomic E-state index is 12.6. The number of hydrogen-bond acceptors (Lipinski definition) is 4. The van der Waals surface area contributed by atoms with Crippen LogP contribution in [-0.4, -0.2) is 31.8 Å². The maximum atomic E-state index is 12.6. The number of phenols is 1. The summed E-state index contributed by atoms with van der Waals surface area (Å²) in [7, 11) is 0. The Hall–Kier alpha value is -2.89. The van der Waals surface area contributed by atoms with Crippen LogP contribution >= 0.6 is 0 Å². The fraction of sp³-hybridized carbons (Fsp3) is 0.316. The first kappa shape index (κ1) is 15.6. The molecule has 4 rings (SSSR count). The van der Waals surface area contributed by atoms with Crippen molar-refractivity contribution >= 4 is 16.7 Å². The average molecular weight is 336 g/mol. The summed E-state index contributed by atoms with van der Waals surface area (Å²) < 4.78 is 1.90. The molecule has 0 saturated heterocycles. The normalized spacial score (nSPS) is 20.5. The summed E-state index contributed by atoms with van der Waals surface area (Å²) in [4.78, 5) is 16.6. The van der Waals surface area contributed by atoms with E-state index in [9.17, 15) is 9.90 Å². The molecular weight excluding hydrogens is 316 g/mol. The van der Waals surface area contributed by atoms with Crippen molar-refractivity contribution in [3.8, 4) is 5.75 Å². The first-order valence-electron chi connectivity index (χ1n) is 8.58. The van der Waals surface area contributed by atoms with Gasteiger partial charge in [0.25, 0.3) is 5.91 Å². The number of benzene rings is 2. The second-order valence-corrected chi connectivity index (χ2v) is 6.54. The van der Waals surface area contributed by atoms with Gasteiger partial charge in [-0.15, -0.1) is 0 Å². The molecule has 3 aromatic rings. The van der Waals surface area contributed by atoms with Crippen LogP contribution in [0.4, 0.5) is 0 Å². The summed E-state index contributed by atoms with van der Waals surface area (Å²) in [5.41, 5.74) is 0.331. The molecule has 0 aliphatic heterocycles. The van der Waals surface area contributed by atoms with Crippen molar-refractivity contribution in [1.82, 2.24) is 20.1 Å². The van der Waals surface area contributed by atoms with Crippen LogP contribution in [0.2, 0.25) is 0 Å². The summed E-state index contributed by atoms with van der Waals surface area (Å²) in [6, 6.07) is 11.5. The van der Waals surface area contributed by atoms with Gasteiger partial charge in [0, 0.05) is 11.4 Å². The van der Waals surface area contributed by atoms with Gasteiger partial charge in [-0.1, -0.05) is 30.3 Å². The standard InChI is InChI=1S/C19H20N4O2/c24-18-16-4-2-1-3-13(16)5-10-17(18)19(25)22-14-6-8-15(9-7-14)23-12-20-11-21-23/h1-5,10-12,14-15,24H,6-9H2,(H,22,25). The number of carbonyl (C=O) groups is 1. The Morgan fingerprint density at radius 3 is 2.68 bits per heavy atom. The van der Waals surface area contributed by atoms with E-state index in [1.807, 2.05) is 35.0 Å². The molecule has 1 aliphatic carbocycles. The monoisotopic (exact) mass is 336 g/mol. The molecule has 0 bridgehead atoms. The quantitative estimate of drug-likeness (QED) is 0.770. The molecule has 1 saturated carbocycles. The summed E-state index contributed by atoms with van der Waals surface area (Å²) in [6.45, 7) is 0. The van der Waals surface area contributed by atoms with Gasteiger partial charge in [-0.25, -0.2) is 9.67 Å². The number of rotatable bonds is 3. The molecule has 25 heavy (non-hydrogen) atoms. The van der Waals surface area contributed by atoms with Crippen LogP contribution in [0.3, 0.4) is 0 Å². The highest BCUT2D eigenvalue weighted by atomic mass is 16.3. The lowest BCUT2D eigenvalue weighted by Gasteiger charge is -2.29. The maximum Gasteiger partial charge on any atom is 0.255 e. The second-order valence-electron chi connectivity index (χ2n) is 6.54. The number of aromatic hydroxyl groups is 1. The molecule has 0 spiro atoms. The minimum atomic E-state index is -0.215. The lowest BCUT2D eigenvalue weighted by atomic mass is 9.91. The first-order chi connectivity index (χ1) is 12.2. The summed E-state index contributed by atoms with van der Waals surface area (Å²) in [5, 5.41) is 19.3. The molecule has 128 valence electrons. The topological polar surface area (TPSA) is 80.0 Å². The van der Waals surface area contributed by atoms with E-state index in [4.69, 9.17) is 0 Å². The SMILES string of the molecule is O=C(NC1CCC(n2cncn2)CC1)c1ccc2ccccc2c1O. The molecule has 6 heteroatoms. The Bertz CT molecular complexity index is 884. The van der Waals surface area contributed by atoms with E-state index >= 15 is 0 Å². The zero-order chi connectivity index (χ0) is 17.2. The molecule has 1 fully saturated rings. The van der Waals surface area contributed by atoms with Crippen LogP contribution in [0, 0.1) is 0 Å². The largest absolute Gasteiger partial charge is 0.506 e. The van der Waals surface area contributed by atoms with E-state index < -0.39 is 0 Å². The van der Waals surface area contributed by atoms with Gasteiger partial charge in [0.15, 0.2) is 0 Å². The van der Waals surface area contributed by atoms with E-state index in [1.54, 1.807) is 18.7 Å². The number of nitrogens with one attached hydrogen (secondary N) is 1. The summed E-state index contributed by atoms with van der Waals surface area (Å²) in [5.74, 6) is -0.167. The van der Waals surface area contributed by atoms with Gasteiger partial charge >= 0.3 is 0 Å². The molecular formula is C19H20N4O2. The van der Waals surface area contributed by atoms with Crippen LogP contribution in [0.25, 0.3) is 10.8 Å². The zero-order valence-corrected chi connectivity index (χ0v) is 13.8. The van der Waals surface area contributed by atoms with Crippen LogP contribution in [0.1, 0.15) is 42.1 Å². The number of hydrogen-bond donors (Lipinski definition) is 2. The van der Waals surface area contributed by atoms with Crippen molar-refractivity contribution in [2.24, 2.45) is 0 Å². The van der Waals surface area contributed by atoms with Crippen LogP contribution in [0.5, 0.6) is 5.75 Å². The van der Waals surface area contributed by atoms with Crippen LogP contribution < -0.4 is 5.32 Å². The molecule has 6 nitrogen and oxygen atoms in total. The van der Waals surface area contributed by atoms with Crippen LogP contribution in [-0.2, 0) is 0 Å². The van der Waals surface area contributed by atoms with Gasteiger partial charge in [0.2, 0.25) is 0 Å². The highest BCUT2D eigenvalue weighted by Gasteiger charge is 2.25. The van der Waals surface area contributed by atoms with E-state index in [-0.39, 0.29) is 17.7 Å². The molecule has 0 radical (unpaired) electrons. The number of aromatic nitrogens is 3. The predicted molar refractivity (Wildman–Crippen MR) is 94.4 cm³/mol. The Kier molecular flexibility index (Phi) is 4.09. The second kappa shape index (κ2) is 6.55. The third-order valence-corrected chi connectivity index (χ3v) is 4.99. The number of nitrogens with zero attached hydrogens (tertiary/aromatic N) is 3. The van der Waals surface area contributed by atoms with Crippen molar-refractivity contribution in [2.75, 3.05) is 0 Å². The lowest BCUT2D eigenvalue weighted by molar-refractivity contribution is 0.0919. The molecule has 1 heterocycles. The van der Waals surface area contributed by atoms with E-state index in [2.05, 4.69) is 15.4 Å². The van der Waals surface area contributed by atoms with Gasteiger partial charge in [-0.05, 0) is 37.1 Å². The van der Waals surface area contributed by atoms with Crippen molar-refractivity contribution in [1.29, 1.82) is 0 Å². The molecule has 0 atom stereocenters. The highest BCUT2D eigenvalue weighted by Crippen LogP contribution is 2.30. The minimum Gasteiger partial charge on any atom is -0.506 e. The fourth-order valence-electron chi connectivity index (χ4n) is 3.59. The third kappa shape index (κ3) is 3.07. The Labute approximate surface area is 145 Å². The molecule has 1 aliphatic rings. The number of phenolic OH excluding ortho intramolecular Hbond substituents is 1. The Balaban J connectivity index is 1.44. The number of amides is 1. The summed E-state index contributed by atoms with van der Waals surface area (Å²) in [6.07, 6.45) is 7.00. The van der Waals surface area contributed by atoms with Crippen molar-refractivity contribution in [3.05, 3.63) is 54.6 Å². The van der Waals surface area contributed by atoms with E-state index in [0.29, 0.717) is 17.0 Å². The van der Waals surface area contributed by atoms with Gasteiger partial charge < -0.3 is 10.4 Å². The van der Waals surface area contributed by atoms with Crippen molar-refractivity contribution in [3.63, 3.8) is 0 Å². The fourth-order valence-corrected chi connectivity index (χ4v) is 3.59. The zero-order valence-electron chi connectivity index (χ0n) is 13.8. The van der Waals surface area contributed by atoms with Gasteiger partial charge in [0.05, 0.1) is 11.6 Å². The van der Waals surface area contributed by atoms with Crippen molar-refractivity contribution in [2.45, 2.75) is 37.8 Å². The molecule has 0 unspecified atom stereocenters. The molecule has 2 aromatic carbocycles. The lowest BCUT2D eigenvalue weighted by Crippen LogP contribution is -2.38. The molecule has 2 N–H and O–H groups in total. The first-order valence-corrected chi connectivity index (χ1v) is 8.58. The van der Waals surface area contributed by atoms with Crippen molar-refractivity contribution < 1.29 is 9.90 Å². The van der Waals surface area contributed by atoms with Gasteiger partial charge in [0.1, 0.15) is 18.4 Å². The van der Waals surface area contributed by atoms with Crippen LogP contribution in [0.15, 0.2) is 49.1 Å². The molecule has 1 amide bonds. The van der Waals surface area contributed by atoms with Gasteiger partial charge in [-0.3, -0.25) is 4.79 Å². The predicted octanol–water partition coefficient (Wildman–Crippen LogP) is 3.05. The number of fused-ring (bicyclic) bond motifs is 1. The smallest absolute Gasteiger partial charge is 0.255 e. The Morgan fingerprint density at radius 1 is 1.12 bits per heavy atom.